The molecule has 0 spiro atoms. The number of benzene rings is 1. The quantitative estimate of drug-likeness (QED) is 0.520. The topological polar surface area (TPSA) is 69.6 Å². The molecule has 2 aromatic rings. The first-order chi connectivity index (χ1) is 13.5. The van der Waals surface area contributed by atoms with E-state index >= 15 is 0 Å². The third-order valence-electron chi connectivity index (χ3n) is 4.30. The Morgan fingerprint density at radius 1 is 1.29 bits per heavy atom. The third kappa shape index (κ3) is 4.88. The summed E-state index contributed by atoms with van der Waals surface area (Å²) >= 11 is 8.06. The minimum Gasteiger partial charge on any atom is -0.394 e. The van der Waals surface area contributed by atoms with Crippen LogP contribution in [0.3, 0.4) is 0 Å². The molecular formula is C20H20N2O3S3. The lowest BCUT2D eigenvalue weighted by atomic mass is 10.1. The summed E-state index contributed by atoms with van der Waals surface area (Å²) in [7, 11) is 0. The Kier molecular flexibility index (Phi) is 7.01. The number of thiophene rings is 1. The first-order valence-corrected chi connectivity index (χ1v) is 10.9. The van der Waals surface area contributed by atoms with Gasteiger partial charge in [-0.25, -0.2) is 0 Å². The fourth-order valence-corrected chi connectivity index (χ4v) is 4.96. The van der Waals surface area contributed by atoms with Crippen LogP contribution in [0, 0.1) is 0 Å². The van der Waals surface area contributed by atoms with Crippen LogP contribution in [0.5, 0.6) is 0 Å². The van der Waals surface area contributed by atoms with E-state index in [1.165, 1.54) is 28.0 Å². The van der Waals surface area contributed by atoms with E-state index in [1.54, 1.807) is 13.0 Å². The standard InChI is InChI=1S/C20H20N2O3S3/c1-13(18(24)21-15(12-23)10-14-6-3-2-4-7-14)22-19(25)17(28-20(22)26)11-16-8-5-9-27-16/h2-9,11,13,15,23H,10,12H2,1H3,(H,21,24)/b17-11-/t13-,15+/m0/s1. The Morgan fingerprint density at radius 2 is 2.04 bits per heavy atom. The molecule has 0 bridgehead atoms. The van der Waals surface area contributed by atoms with Crippen molar-refractivity contribution in [2.45, 2.75) is 25.4 Å². The third-order valence-corrected chi connectivity index (χ3v) is 6.45. The van der Waals surface area contributed by atoms with Gasteiger partial charge in [0.25, 0.3) is 5.91 Å². The summed E-state index contributed by atoms with van der Waals surface area (Å²) < 4.78 is 0.360. The van der Waals surface area contributed by atoms with E-state index in [4.69, 9.17) is 12.2 Å². The van der Waals surface area contributed by atoms with Gasteiger partial charge in [-0.05, 0) is 36.4 Å². The number of hydrogen-bond acceptors (Lipinski definition) is 6. The second-order valence-electron chi connectivity index (χ2n) is 6.32. The Balaban J connectivity index is 1.66. The van der Waals surface area contributed by atoms with Gasteiger partial charge in [-0.1, -0.05) is 60.4 Å². The molecule has 1 aromatic heterocycles. The van der Waals surface area contributed by atoms with E-state index in [1.807, 2.05) is 47.8 Å². The minimum absolute atomic E-state index is 0.190. The summed E-state index contributed by atoms with van der Waals surface area (Å²) in [5, 5.41) is 14.4. The summed E-state index contributed by atoms with van der Waals surface area (Å²) in [6, 6.07) is 12.3. The normalized spacial score (nSPS) is 17.8. The summed E-state index contributed by atoms with van der Waals surface area (Å²) in [6.07, 6.45) is 2.30. The van der Waals surface area contributed by atoms with Crippen molar-refractivity contribution in [1.82, 2.24) is 10.2 Å². The highest BCUT2D eigenvalue weighted by Gasteiger charge is 2.38. The van der Waals surface area contributed by atoms with Crippen LogP contribution in [0.1, 0.15) is 17.4 Å². The number of carbonyl (C=O) groups excluding carboxylic acids is 2. The molecule has 28 heavy (non-hydrogen) atoms. The number of nitrogens with one attached hydrogen (secondary N) is 1. The summed E-state index contributed by atoms with van der Waals surface area (Å²) in [4.78, 5) is 28.3. The average molecular weight is 433 g/mol. The molecule has 0 unspecified atom stereocenters. The lowest BCUT2D eigenvalue weighted by Gasteiger charge is -2.25. The molecule has 1 saturated heterocycles. The van der Waals surface area contributed by atoms with E-state index in [0.717, 1.165) is 10.4 Å². The van der Waals surface area contributed by atoms with Gasteiger partial charge in [-0.15, -0.1) is 11.3 Å². The molecule has 0 saturated carbocycles. The molecule has 1 fully saturated rings. The Hall–Kier alpha value is -2.00. The summed E-state index contributed by atoms with van der Waals surface area (Å²) in [5.41, 5.74) is 1.01. The summed E-state index contributed by atoms with van der Waals surface area (Å²) in [5.74, 6) is -0.613. The highest BCUT2D eigenvalue weighted by molar-refractivity contribution is 8.26. The van der Waals surface area contributed by atoms with Crippen LogP contribution >= 0.6 is 35.3 Å². The van der Waals surface area contributed by atoms with Crippen molar-refractivity contribution in [3.63, 3.8) is 0 Å². The molecule has 1 aliphatic heterocycles. The Morgan fingerprint density at radius 3 is 2.68 bits per heavy atom. The highest BCUT2D eigenvalue weighted by atomic mass is 32.2. The number of hydrogen-bond donors (Lipinski definition) is 2. The van der Waals surface area contributed by atoms with Crippen molar-refractivity contribution in [1.29, 1.82) is 0 Å². The zero-order valence-corrected chi connectivity index (χ0v) is 17.7. The number of aliphatic hydroxyl groups excluding tert-OH is 1. The van der Waals surface area contributed by atoms with Crippen LogP contribution in [0.15, 0.2) is 52.7 Å². The van der Waals surface area contributed by atoms with E-state index < -0.39 is 12.1 Å². The number of nitrogens with zero attached hydrogens (tertiary/aromatic N) is 1. The predicted octanol–water partition coefficient (Wildman–Crippen LogP) is 3.06. The molecule has 3 rings (SSSR count). The Bertz CT molecular complexity index is 881. The monoisotopic (exact) mass is 432 g/mol. The van der Waals surface area contributed by atoms with Crippen LogP contribution in [-0.4, -0.2) is 44.8 Å². The maximum absolute atomic E-state index is 12.8. The second kappa shape index (κ2) is 9.47. The molecule has 8 heteroatoms. The number of thiocarbonyl (C=S) groups is 1. The molecule has 2 amide bonds. The lowest BCUT2D eigenvalue weighted by Crippen LogP contribution is -2.51. The number of aliphatic hydroxyl groups is 1. The van der Waals surface area contributed by atoms with Crippen molar-refractivity contribution >= 4 is 57.5 Å². The van der Waals surface area contributed by atoms with E-state index in [2.05, 4.69) is 5.32 Å². The zero-order chi connectivity index (χ0) is 20.1. The van der Waals surface area contributed by atoms with Gasteiger partial charge in [0.05, 0.1) is 17.6 Å². The number of carbonyl (C=O) groups is 2. The van der Waals surface area contributed by atoms with Crippen molar-refractivity contribution in [3.8, 4) is 0 Å². The average Bonchev–Trinajstić information content (AvgIpc) is 3.29. The van der Waals surface area contributed by atoms with E-state index in [0.29, 0.717) is 15.6 Å². The SMILES string of the molecule is C[C@@H](C(=O)N[C@@H](CO)Cc1ccccc1)N1C(=O)/C(=C/c2cccs2)SC1=S. The van der Waals surface area contributed by atoms with Crippen LogP contribution < -0.4 is 5.32 Å². The number of thioether (sulfide) groups is 1. The van der Waals surface area contributed by atoms with Crippen LogP contribution in [0.2, 0.25) is 0 Å². The lowest BCUT2D eigenvalue weighted by molar-refractivity contribution is -0.132. The molecule has 0 aliphatic carbocycles. The van der Waals surface area contributed by atoms with Gasteiger partial charge in [-0.2, -0.15) is 0 Å². The second-order valence-corrected chi connectivity index (χ2v) is 8.98. The molecule has 1 aliphatic rings. The van der Waals surface area contributed by atoms with Crippen LogP contribution in [0.25, 0.3) is 6.08 Å². The molecule has 5 nitrogen and oxygen atoms in total. The highest BCUT2D eigenvalue weighted by Crippen LogP contribution is 2.34. The maximum atomic E-state index is 12.8. The molecule has 1 aromatic carbocycles. The molecule has 2 atom stereocenters. The van der Waals surface area contributed by atoms with Gasteiger partial charge in [0.15, 0.2) is 0 Å². The van der Waals surface area contributed by atoms with Gasteiger partial charge >= 0.3 is 0 Å². The predicted molar refractivity (Wildman–Crippen MR) is 118 cm³/mol. The maximum Gasteiger partial charge on any atom is 0.266 e. The molecule has 2 heterocycles. The largest absolute Gasteiger partial charge is 0.394 e. The fraction of sp³-hybridized carbons (Fsp3) is 0.250. The van der Waals surface area contributed by atoms with Gasteiger partial charge in [0.1, 0.15) is 10.4 Å². The van der Waals surface area contributed by atoms with Crippen molar-refractivity contribution in [3.05, 3.63) is 63.2 Å². The number of amides is 2. The molecular weight excluding hydrogens is 412 g/mol. The smallest absolute Gasteiger partial charge is 0.266 e. The van der Waals surface area contributed by atoms with Crippen LogP contribution in [-0.2, 0) is 16.0 Å². The zero-order valence-electron chi connectivity index (χ0n) is 15.2. The molecule has 2 N–H and O–H groups in total. The molecule has 0 radical (unpaired) electrons. The first-order valence-electron chi connectivity index (χ1n) is 8.75. The molecule has 146 valence electrons. The summed E-state index contributed by atoms with van der Waals surface area (Å²) in [6.45, 7) is 1.45. The minimum atomic E-state index is -0.758. The van der Waals surface area contributed by atoms with E-state index in [9.17, 15) is 14.7 Å². The fourth-order valence-electron chi connectivity index (χ4n) is 2.82. The van der Waals surface area contributed by atoms with Gasteiger partial charge in [0, 0.05) is 4.88 Å². The van der Waals surface area contributed by atoms with Gasteiger partial charge in [0.2, 0.25) is 5.91 Å². The van der Waals surface area contributed by atoms with Crippen molar-refractivity contribution in [2.75, 3.05) is 6.61 Å². The first kappa shape index (κ1) is 20.7. The Labute approximate surface area is 177 Å². The van der Waals surface area contributed by atoms with Gasteiger partial charge in [-0.3, -0.25) is 14.5 Å². The van der Waals surface area contributed by atoms with Gasteiger partial charge < -0.3 is 10.4 Å². The van der Waals surface area contributed by atoms with Crippen molar-refractivity contribution < 1.29 is 14.7 Å². The number of rotatable bonds is 7. The van der Waals surface area contributed by atoms with E-state index in [-0.39, 0.29) is 18.4 Å². The van der Waals surface area contributed by atoms with Crippen molar-refractivity contribution in [2.24, 2.45) is 0 Å². The van der Waals surface area contributed by atoms with Crippen LogP contribution in [0.4, 0.5) is 0 Å².